The Kier molecular flexibility index (Phi) is 2.44. The summed E-state index contributed by atoms with van der Waals surface area (Å²) in [6, 6.07) is 3.94. The Hall–Kier alpha value is -1.88. The first-order chi connectivity index (χ1) is 8.88. The molecule has 0 saturated carbocycles. The first-order valence-corrected chi connectivity index (χ1v) is 6.19. The molecular weight excluding hydrogens is 247 g/mol. The third-order valence-electron chi connectivity index (χ3n) is 3.73. The van der Waals surface area contributed by atoms with E-state index in [2.05, 4.69) is 10.3 Å². The molecule has 2 aromatic rings. The lowest BCUT2D eigenvalue weighted by molar-refractivity contribution is -0.140. The number of hydrogen-bond donors (Lipinski definition) is 3. The van der Waals surface area contributed by atoms with Gasteiger partial charge in [-0.05, 0) is 37.6 Å². The van der Waals surface area contributed by atoms with Gasteiger partial charge in [0.25, 0.3) is 0 Å². The van der Waals surface area contributed by atoms with Crippen LogP contribution in [-0.2, 0) is 16.8 Å². The van der Waals surface area contributed by atoms with Crippen LogP contribution in [-0.4, -0.2) is 22.1 Å². The number of aliphatic carboxylic acids is 1. The molecule has 1 aliphatic rings. The van der Waals surface area contributed by atoms with Gasteiger partial charge in [0.1, 0.15) is 11.9 Å². The van der Waals surface area contributed by atoms with Crippen LogP contribution in [0.2, 0.25) is 0 Å². The standard InChI is InChI=1S/C14H15FN2O2/c1-14(2)12-9(6-11(17-14)13(18)19)8-4-3-7(15)5-10(8)16-12/h3-5,11,16-17H,6H2,1-2H3,(H,18,19). The normalized spacial score (nSPS) is 21.3. The van der Waals surface area contributed by atoms with Crippen molar-refractivity contribution >= 4 is 16.9 Å². The summed E-state index contributed by atoms with van der Waals surface area (Å²) < 4.78 is 13.3. The van der Waals surface area contributed by atoms with Crippen molar-refractivity contribution in [2.75, 3.05) is 0 Å². The predicted molar refractivity (Wildman–Crippen MR) is 69.5 cm³/mol. The summed E-state index contributed by atoms with van der Waals surface area (Å²) in [6.45, 7) is 3.85. The average molecular weight is 262 g/mol. The lowest BCUT2D eigenvalue weighted by Crippen LogP contribution is -2.52. The summed E-state index contributed by atoms with van der Waals surface area (Å²) in [7, 11) is 0. The molecule has 2 heterocycles. The van der Waals surface area contributed by atoms with Crippen molar-refractivity contribution < 1.29 is 14.3 Å². The van der Waals surface area contributed by atoms with Crippen molar-refractivity contribution in [3.05, 3.63) is 35.3 Å². The maximum absolute atomic E-state index is 13.3. The van der Waals surface area contributed by atoms with E-state index < -0.39 is 17.6 Å². The quantitative estimate of drug-likeness (QED) is 0.737. The number of H-pyrrole nitrogens is 1. The van der Waals surface area contributed by atoms with Gasteiger partial charge in [0.2, 0.25) is 0 Å². The first kappa shape index (κ1) is 12.2. The molecular formula is C14H15FN2O2. The number of carboxylic acid groups (broad SMARTS) is 1. The molecule has 0 aliphatic carbocycles. The van der Waals surface area contributed by atoms with Crippen molar-refractivity contribution in [2.45, 2.75) is 31.8 Å². The Bertz CT molecular complexity index is 675. The molecule has 3 rings (SSSR count). The van der Waals surface area contributed by atoms with Crippen LogP contribution in [0.5, 0.6) is 0 Å². The van der Waals surface area contributed by atoms with Gasteiger partial charge in [-0.3, -0.25) is 10.1 Å². The van der Waals surface area contributed by atoms with Gasteiger partial charge >= 0.3 is 5.97 Å². The molecule has 0 spiro atoms. The Balaban J connectivity index is 2.23. The van der Waals surface area contributed by atoms with E-state index in [9.17, 15) is 14.3 Å². The van der Waals surface area contributed by atoms with Crippen LogP contribution in [0.15, 0.2) is 18.2 Å². The van der Waals surface area contributed by atoms with E-state index in [1.165, 1.54) is 12.1 Å². The van der Waals surface area contributed by atoms with Gasteiger partial charge in [0.05, 0.1) is 5.54 Å². The Morgan fingerprint density at radius 2 is 2.21 bits per heavy atom. The number of carboxylic acids is 1. The number of halogens is 1. The van der Waals surface area contributed by atoms with Gasteiger partial charge in [0.15, 0.2) is 0 Å². The van der Waals surface area contributed by atoms with Crippen molar-refractivity contribution in [2.24, 2.45) is 0 Å². The highest BCUT2D eigenvalue weighted by Gasteiger charge is 2.37. The summed E-state index contributed by atoms with van der Waals surface area (Å²) in [6.07, 6.45) is 0.403. The lowest BCUT2D eigenvalue weighted by Gasteiger charge is -2.35. The van der Waals surface area contributed by atoms with Gasteiger partial charge in [-0.25, -0.2) is 4.39 Å². The van der Waals surface area contributed by atoms with E-state index in [0.717, 1.165) is 16.6 Å². The highest BCUT2D eigenvalue weighted by Crippen LogP contribution is 2.35. The van der Waals surface area contributed by atoms with E-state index in [0.29, 0.717) is 11.9 Å². The van der Waals surface area contributed by atoms with Crippen molar-refractivity contribution in [1.82, 2.24) is 10.3 Å². The monoisotopic (exact) mass is 262 g/mol. The molecule has 1 unspecified atom stereocenters. The molecule has 1 aromatic heterocycles. The van der Waals surface area contributed by atoms with Crippen LogP contribution in [0, 0.1) is 5.82 Å². The molecule has 3 N–H and O–H groups in total. The molecule has 1 aliphatic heterocycles. The maximum Gasteiger partial charge on any atom is 0.321 e. The second-order valence-corrected chi connectivity index (χ2v) is 5.53. The number of rotatable bonds is 1. The summed E-state index contributed by atoms with van der Waals surface area (Å²) in [5.41, 5.74) is 2.13. The van der Waals surface area contributed by atoms with Crippen LogP contribution in [0.25, 0.3) is 10.9 Å². The predicted octanol–water partition coefficient (Wildman–Crippen LogP) is 2.14. The molecule has 0 amide bonds. The Labute approximate surface area is 109 Å². The fourth-order valence-electron chi connectivity index (χ4n) is 2.89. The Morgan fingerprint density at radius 3 is 2.89 bits per heavy atom. The summed E-state index contributed by atoms with van der Waals surface area (Å²) in [5.74, 6) is -1.16. The third-order valence-corrected chi connectivity index (χ3v) is 3.73. The van der Waals surface area contributed by atoms with Crippen LogP contribution in [0.4, 0.5) is 4.39 Å². The molecule has 4 nitrogen and oxygen atoms in total. The molecule has 0 saturated heterocycles. The minimum Gasteiger partial charge on any atom is -0.480 e. The number of hydrogen-bond acceptors (Lipinski definition) is 2. The van der Waals surface area contributed by atoms with Crippen LogP contribution < -0.4 is 5.32 Å². The second-order valence-electron chi connectivity index (χ2n) is 5.53. The van der Waals surface area contributed by atoms with Gasteiger partial charge < -0.3 is 10.1 Å². The highest BCUT2D eigenvalue weighted by atomic mass is 19.1. The molecule has 5 heteroatoms. The molecule has 0 bridgehead atoms. The van der Waals surface area contributed by atoms with E-state index in [1.54, 1.807) is 6.07 Å². The largest absolute Gasteiger partial charge is 0.480 e. The third kappa shape index (κ3) is 1.81. The number of benzene rings is 1. The number of aromatic nitrogens is 1. The van der Waals surface area contributed by atoms with E-state index in [-0.39, 0.29) is 5.82 Å². The van der Waals surface area contributed by atoms with Gasteiger partial charge in [-0.1, -0.05) is 0 Å². The number of nitrogens with one attached hydrogen (secondary N) is 2. The molecule has 19 heavy (non-hydrogen) atoms. The van der Waals surface area contributed by atoms with E-state index in [1.807, 2.05) is 13.8 Å². The number of carbonyl (C=O) groups is 1. The summed E-state index contributed by atoms with van der Waals surface area (Å²) in [5, 5.41) is 13.2. The van der Waals surface area contributed by atoms with Crippen LogP contribution >= 0.6 is 0 Å². The topological polar surface area (TPSA) is 65.1 Å². The van der Waals surface area contributed by atoms with Gasteiger partial charge in [0, 0.05) is 23.0 Å². The fraction of sp³-hybridized carbons (Fsp3) is 0.357. The zero-order chi connectivity index (χ0) is 13.8. The second kappa shape index (κ2) is 3.81. The fourth-order valence-corrected chi connectivity index (χ4v) is 2.89. The van der Waals surface area contributed by atoms with E-state index in [4.69, 9.17) is 0 Å². The summed E-state index contributed by atoms with van der Waals surface area (Å²) >= 11 is 0. The molecule has 0 fully saturated rings. The molecule has 1 atom stereocenters. The minimum atomic E-state index is -0.866. The number of fused-ring (bicyclic) bond motifs is 3. The van der Waals surface area contributed by atoms with Crippen LogP contribution in [0.1, 0.15) is 25.1 Å². The Morgan fingerprint density at radius 1 is 1.47 bits per heavy atom. The van der Waals surface area contributed by atoms with Crippen molar-refractivity contribution in [1.29, 1.82) is 0 Å². The number of aromatic amines is 1. The zero-order valence-corrected chi connectivity index (χ0v) is 10.7. The smallest absolute Gasteiger partial charge is 0.321 e. The lowest BCUT2D eigenvalue weighted by atomic mass is 9.86. The first-order valence-electron chi connectivity index (χ1n) is 6.19. The average Bonchev–Trinajstić information content (AvgIpc) is 2.67. The molecule has 0 radical (unpaired) electrons. The molecule has 1 aromatic carbocycles. The highest BCUT2D eigenvalue weighted by molar-refractivity contribution is 5.87. The van der Waals surface area contributed by atoms with Crippen molar-refractivity contribution in [3.8, 4) is 0 Å². The summed E-state index contributed by atoms with van der Waals surface area (Å²) in [4.78, 5) is 14.4. The SMILES string of the molecule is CC1(C)NC(C(=O)O)Cc2c1[nH]c1cc(F)ccc21. The van der Waals surface area contributed by atoms with Gasteiger partial charge in [-0.15, -0.1) is 0 Å². The van der Waals surface area contributed by atoms with Crippen LogP contribution in [0.3, 0.4) is 0 Å². The minimum absolute atomic E-state index is 0.299. The maximum atomic E-state index is 13.3. The van der Waals surface area contributed by atoms with Crippen molar-refractivity contribution in [3.63, 3.8) is 0 Å². The molecule has 100 valence electrons. The zero-order valence-electron chi connectivity index (χ0n) is 10.7. The van der Waals surface area contributed by atoms with E-state index >= 15 is 0 Å². The van der Waals surface area contributed by atoms with Gasteiger partial charge in [-0.2, -0.15) is 0 Å².